The van der Waals surface area contributed by atoms with Gasteiger partial charge in [-0.05, 0) is 12.1 Å². The number of rotatable bonds is 3. The minimum Gasteiger partial charge on any atom is -0.383 e. The molecule has 0 amide bonds. The first-order valence-corrected chi connectivity index (χ1v) is 6.69. The number of anilines is 1. The number of benzene rings is 1. The van der Waals surface area contributed by atoms with Gasteiger partial charge in [0.2, 0.25) is 0 Å². The van der Waals surface area contributed by atoms with E-state index >= 15 is 0 Å². The number of hydrogen-bond donors (Lipinski definition) is 1. The van der Waals surface area contributed by atoms with Gasteiger partial charge in [0.1, 0.15) is 5.82 Å². The van der Waals surface area contributed by atoms with Crippen molar-refractivity contribution in [2.24, 2.45) is 0 Å². The fourth-order valence-corrected chi connectivity index (χ4v) is 2.92. The smallest absolute Gasteiger partial charge is 0.274 e. The summed E-state index contributed by atoms with van der Waals surface area (Å²) in [4.78, 5) is 18.9. The van der Waals surface area contributed by atoms with Gasteiger partial charge in [0.15, 0.2) is 0 Å². The molecule has 0 saturated heterocycles. The number of nitrogens with zero attached hydrogens (tertiary/aromatic N) is 3. The molecule has 3 rings (SSSR count). The second kappa shape index (κ2) is 4.86. The van der Waals surface area contributed by atoms with Crippen LogP contribution in [0, 0.1) is 10.1 Å². The molecule has 20 heavy (non-hydrogen) atoms. The van der Waals surface area contributed by atoms with Crippen molar-refractivity contribution in [3.63, 3.8) is 0 Å². The molecule has 0 fully saturated rings. The molecule has 3 aromatic rings. The fourth-order valence-electron chi connectivity index (χ4n) is 1.94. The zero-order valence-electron chi connectivity index (χ0n) is 10.3. The van der Waals surface area contributed by atoms with Crippen LogP contribution in [0.5, 0.6) is 0 Å². The summed E-state index contributed by atoms with van der Waals surface area (Å²) in [5.41, 5.74) is 7.02. The highest BCUT2D eigenvalue weighted by atomic mass is 32.1. The van der Waals surface area contributed by atoms with Crippen LogP contribution in [0.15, 0.2) is 36.4 Å². The van der Waals surface area contributed by atoms with Gasteiger partial charge >= 0.3 is 0 Å². The molecule has 7 heteroatoms. The van der Waals surface area contributed by atoms with Crippen molar-refractivity contribution in [2.75, 3.05) is 5.73 Å². The summed E-state index contributed by atoms with van der Waals surface area (Å²) in [5.74, 6) is 0.148. The third-order valence-electron chi connectivity index (χ3n) is 2.76. The van der Waals surface area contributed by atoms with Crippen LogP contribution in [0.4, 0.5) is 11.5 Å². The number of pyridine rings is 1. The maximum Gasteiger partial charge on any atom is 0.274 e. The van der Waals surface area contributed by atoms with Gasteiger partial charge in [0, 0.05) is 12.5 Å². The molecule has 100 valence electrons. The van der Waals surface area contributed by atoms with Gasteiger partial charge in [0.25, 0.3) is 5.69 Å². The van der Waals surface area contributed by atoms with Crippen LogP contribution >= 0.6 is 11.3 Å². The Morgan fingerprint density at radius 1 is 1.25 bits per heavy atom. The number of nitrogens with two attached hydrogens (primary N) is 1. The van der Waals surface area contributed by atoms with Crippen LogP contribution in [-0.4, -0.2) is 14.9 Å². The molecular weight excluding hydrogens is 276 g/mol. The highest BCUT2D eigenvalue weighted by molar-refractivity contribution is 7.18. The summed E-state index contributed by atoms with van der Waals surface area (Å²) in [6.45, 7) is 0. The Morgan fingerprint density at radius 2 is 2.05 bits per heavy atom. The lowest BCUT2D eigenvalue weighted by atomic mass is 10.2. The van der Waals surface area contributed by atoms with Crippen molar-refractivity contribution in [3.05, 3.63) is 57.2 Å². The summed E-state index contributed by atoms with van der Waals surface area (Å²) in [6, 6.07) is 10.5. The molecule has 0 atom stereocenters. The Labute approximate surface area is 118 Å². The average molecular weight is 286 g/mol. The number of fused-ring (bicyclic) bond motifs is 1. The van der Waals surface area contributed by atoms with Gasteiger partial charge in [0.05, 0.1) is 31.9 Å². The van der Waals surface area contributed by atoms with E-state index in [1.807, 2.05) is 24.3 Å². The first-order chi connectivity index (χ1) is 9.61. The van der Waals surface area contributed by atoms with Crippen molar-refractivity contribution in [1.82, 2.24) is 9.97 Å². The summed E-state index contributed by atoms with van der Waals surface area (Å²) in [5, 5.41) is 11.7. The Hall–Kier alpha value is -2.54. The van der Waals surface area contributed by atoms with Gasteiger partial charge in [-0.3, -0.25) is 10.1 Å². The zero-order chi connectivity index (χ0) is 14.1. The highest BCUT2D eigenvalue weighted by Gasteiger charge is 2.12. The topological polar surface area (TPSA) is 94.9 Å². The van der Waals surface area contributed by atoms with Crippen LogP contribution in [0.2, 0.25) is 0 Å². The summed E-state index contributed by atoms with van der Waals surface area (Å²) >= 11 is 1.55. The van der Waals surface area contributed by atoms with E-state index in [9.17, 15) is 10.1 Å². The quantitative estimate of drug-likeness (QED) is 0.590. The van der Waals surface area contributed by atoms with Crippen LogP contribution in [0.25, 0.3) is 10.2 Å². The van der Waals surface area contributed by atoms with Crippen molar-refractivity contribution in [3.8, 4) is 0 Å². The first-order valence-electron chi connectivity index (χ1n) is 5.87. The second-order valence-corrected chi connectivity index (χ2v) is 5.37. The lowest BCUT2D eigenvalue weighted by Crippen LogP contribution is -1.99. The monoisotopic (exact) mass is 286 g/mol. The second-order valence-electron chi connectivity index (χ2n) is 4.25. The van der Waals surface area contributed by atoms with E-state index < -0.39 is 4.92 Å². The minimum absolute atomic E-state index is 0.0476. The molecule has 0 unspecified atom stereocenters. The van der Waals surface area contributed by atoms with E-state index in [0.29, 0.717) is 12.1 Å². The predicted octanol–water partition coefficient (Wildman–Crippen LogP) is 2.77. The molecule has 0 aliphatic carbocycles. The fraction of sp³-hybridized carbons (Fsp3) is 0.0769. The minimum atomic E-state index is -0.472. The van der Waals surface area contributed by atoms with E-state index in [1.165, 1.54) is 12.1 Å². The molecule has 0 spiro atoms. The lowest BCUT2D eigenvalue weighted by molar-refractivity contribution is -0.384. The molecule has 2 aromatic heterocycles. The predicted molar refractivity (Wildman–Crippen MR) is 77.7 cm³/mol. The van der Waals surface area contributed by atoms with Gasteiger partial charge in [-0.2, -0.15) is 0 Å². The van der Waals surface area contributed by atoms with Gasteiger partial charge < -0.3 is 5.73 Å². The molecule has 0 bridgehead atoms. The van der Waals surface area contributed by atoms with E-state index in [0.717, 1.165) is 15.2 Å². The standard InChI is InChI=1S/C13H10N4O2S/c14-12-7-9(17(18)19)5-8(15-12)6-13-16-10-3-1-2-4-11(10)20-13/h1-5,7H,6H2,(H2,14,15). The van der Waals surface area contributed by atoms with Crippen LogP contribution < -0.4 is 5.73 Å². The molecule has 0 radical (unpaired) electrons. The zero-order valence-corrected chi connectivity index (χ0v) is 11.1. The SMILES string of the molecule is Nc1cc([N+](=O)[O-])cc(Cc2nc3ccccc3s2)n1. The molecule has 6 nitrogen and oxygen atoms in total. The Bertz CT molecular complexity index is 767. The van der Waals surface area contributed by atoms with E-state index in [1.54, 1.807) is 11.3 Å². The normalized spacial score (nSPS) is 10.8. The maximum atomic E-state index is 10.8. The summed E-state index contributed by atoms with van der Waals surface area (Å²) in [7, 11) is 0. The maximum absolute atomic E-state index is 10.8. The van der Waals surface area contributed by atoms with Crippen LogP contribution in [0.1, 0.15) is 10.7 Å². The van der Waals surface area contributed by atoms with E-state index in [-0.39, 0.29) is 11.5 Å². The van der Waals surface area contributed by atoms with Gasteiger partial charge in [-0.1, -0.05) is 12.1 Å². The molecule has 1 aromatic carbocycles. The van der Waals surface area contributed by atoms with Gasteiger partial charge in [-0.15, -0.1) is 11.3 Å². The molecule has 0 saturated carbocycles. The number of thiazole rings is 1. The first kappa shape index (κ1) is 12.5. The molecule has 2 N–H and O–H groups in total. The molecule has 0 aliphatic rings. The average Bonchev–Trinajstić information content (AvgIpc) is 2.79. The Kier molecular flexibility index (Phi) is 3.03. The third kappa shape index (κ3) is 2.43. The van der Waals surface area contributed by atoms with Crippen LogP contribution in [-0.2, 0) is 6.42 Å². The summed E-state index contributed by atoms with van der Waals surface area (Å²) < 4.78 is 1.08. The van der Waals surface area contributed by atoms with Gasteiger partial charge in [-0.25, -0.2) is 9.97 Å². The number of para-hydroxylation sites is 1. The van der Waals surface area contributed by atoms with Crippen molar-refractivity contribution >= 4 is 33.1 Å². The molecule has 2 heterocycles. The van der Waals surface area contributed by atoms with E-state index in [2.05, 4.69) is 9.97 Å². The highest BCUT2D eigenvalue weighted by Crippen LogP contribution is 2.24. The van der Waals surface area contributed by atoms with Crippen molar-refractivity contribution < 1.29 is 4.92 Å². The Morgan fingerprint density at radius 3 is 2.80 bits per heavy atom. The summed E-state index contributed by atoms with van der Waals surface area (Å²) in [6.07, 6.45) is 0.436. The number of aromatic nitrogens is 2. The molecule has 0 aliphatic heterocycles. The Balaban J connectivity index is 1.96. The van der Waals surface area contributed by atoms with Crippen molar-refractivity contribution in [1.29, 1.82) is 0 Å². The number of nitro groups is 1. The lowest BCUT2D eigenvalue weighted by Gasteiger charge is -2.00. The molecular formula is C13H10N4O2S. The number of nitrogen functional groups attached to an aromatic ring is 1. The number of hydrogen-bond acceptors (Lipinski definition) is 6. The largest absolute Gasteiger partial charge is 0.383 e. The van der Waals surface area contributed by atoms with Crippen molar-refractivity contribution in [2.45, 2.75) is 6.42 Å². The third-order valence-corrected chi connectivity index (χ3v) is 3.80. The van der Waals surface area contributed by atoms with Crippen LogP contribution in [0.3, 0.4) is 0 Å². The van der Waals surface area contributed by atoms with E-state index in [4.69, 9.17) is 5.73 Å².